The lowest BCUT2D eigenvalue weighted by Gasteiger charge is -2.09. The van der Waals surface area contributed by atoms with Crippen molar-refractivity contribution in [2.24, 2.45) is 0 Å². The molecule has 0 aliphatic heterocycles. The Labute approximate surface area is 165 Å². The molecule has 0 radical (unpaired) electrons. The summed E-state index contributed by atoms with van der Waals surface area (Å²) in [5, 5.41) is 12.2. The molecule has 0 aliphatic rings. The van der Waals surface area contributed by atoms with Crippen molar-refractivity contribution in [3.8, 4) is 17.2 Å². The lowest BCUT2D eigenvalue weighted by atomic mass is 10.2. The minimum atomic E-state index is -0.185. The zero-order valence-corrected chi connectivity index (χ0v) is 16.0. The third-order valence-electron chi connectivity index (χ3n) is 4.29. The maximum atomic E-state index is 12.6. The van der Waals surface area contributed by atoms with Crippen LogP contribution in [0.15, 0.2) is 53.1 Å². The fourth-order valence-electron chi connectivity index (χ4n) is 3.05. The zero-order chi connectivity index (χ0) is 19.7. The number of ether oxygens (including phenoxy) is 1. The number of halogens is 1. The van der Waals surface area contributed by atoms with Crippen LogP contribution >= 0.6 is 11.6 Å². The number of aromatic nitrogens is 3. The molecule has 4 aromatic rings. The van der Waals surface area contributed by atoms with Crippen molar-refractivity contribution in [2.45, 2.75) is 13.5 Å². The van der Waals surface area contributed by atoms with E-state index in [2.05, 4.69) is 15.5 Å². The summed E-state index contributed by atoms with van der Waals surface area (Å²) in [7, 11) is 1.54. The van der Waals surface area contributed by atoms with Crippen molar-refractivity contribution >= 4 is 34.1 Å². The Hall–Kier alpha value is -3.32. The van der Waals surface area contributed by atoms with Gasteiger partial charge in [-0.25, -0.2) is 0 Å². The predicted molar refractivity (Wildman–Crippen MR) is 107 cm³/mol. The van der Waals surface area contributed by atoms with Crippen LogP contribution < -0.4 is 10.1 Å². The molecular weight excluding hydrogens is 380 g/mol. The number of hydrogen-bond donors (Lipinski definition) is 1. The lowest BCUT2D eigenvalue weighted by Crippen LogP contribution is -2.18. The number of para-hydroxylation sites is 1. The minimum absolute atomic E-state index is 0.122. The number of aryl methyl sites for hydroxylation is 1. The summed E-state index contributed by atoms with van der Waals surface area (Å²) in [6.45, 7) is 1.86. The van der Waals surface area contributed by atoms with E-state index in [9.17, 15) is 4.79 Å². The predicted octanol–water partition coefficient (Wildman–Crippen LogP) is 4.30. The molecule has 4 rings (SSSR count). The molecule has 0 fully saturated rings. The number of carbonyl (C=O) groups is 1. The van der Waals surface area contributed by atoms with Crippen LogP contribution in [0.1, 0.15) is 5.89 Å². The van der Waals surface area contributed by atoms with E-state index >= 15 is 0 Å². The van der Waals surface area contributed by atoms with E-state index in [1.807, 2.05) is 35.0 Å². The number of anilines is 1. The monoisotopic (exact) mass is 396 g/mol. The number of rotatable bonds is 5. The van der Waals surface area contributed by atoms with Gasteiger partial charge in [0.15, 0.2) is 0 Å². The first kappa shape index (κ1) is 18.1. The quantitative estimate of drug-likeness (QED) is 0.543. The van der Waals surface area contributed by atoms with Crippen LogP contribution in [0, 0.1) is 6.92 Å². The molecule has 2 heterocycles. The van der Waals surface area contributed by atoms with Gasteiger partial charge in [-0.3, -0.25) is 4.79 Å². The molecule has 0 aliphatic carbocycles. The average molecular weight is 397 g/mol. The van der Waals surface area contributed by atoms with Gasteiger partial charge < -0.3 is 19.0 Å². The van der Waals surface area contributed by atoms with Gasteiger partial charge in [0.25, 0.3) is 0 Å². The molecular formula is C20H17ClN4O3. The summed E-state index contributed by atoms with van der Waals surface area (Å²) in [6, 6.07) is 12.9. The maximum absolute atomic E-state index is 12.6. The molecule has 0 spiro atoms. The van der Waals surface area contributed by atoms with Gasteiger partial charge in [-0.2, -0.15) is 0 Å². The van der Waals surface area contributed by atoms with Crippen LogP contribution in [0.25, 0.3) is 22.4 Å². The third kappa shape index (κ3) is 3.44. The first-order chi connectivity index (χ1) is 13.5. The Morgan fingerprint density at radius 3 is 2.79 bits per heavy atom. The molecule has 8 heteroatoms. The SMILES string of the molecule is COc1ccc(NC(=O)Cn2cc(-c3nnc(C)o3)c3ccccc32)cc1Cl. The highest BCUT2D eigenvalue weighted by Gasteiger charge is 2.16. The standard InChI is InChI=1S/C20H17ClN4O3/c1-12-23-24-20(28-12)15-10-25(17-6-4-3-5-14(15)17)11-19(26)22-13-7-8-18(27-2)16(21)9-13/h3-10H,11H2,1-2H3,(H,22,26). The van der Waals surface area contributed by atoms with E-state index in [-0.39, 0.29) is 12.5 Å². The number of benzene rings is 2. The van der Waals surface area contributed by atoms with E-state index < -0.39 is 0 Å². The first-order valence-electron chi connectivity index (χ1n) is 8.57. The van der Waals surface area contributed by atoms with Crippen molar-refractivity contribution in [1.29, 1.82) is 0 Å². The molecule has 2 aromatic heterocycles. The second-order valence-electron chi connectivity index (χ2n) is 6.21. The summed E-state index contributed by atoms with van der Waals surface area (Å²) < 4.78 is 12.5. The number of fused-ring (bicyclic) bond motifs is 1. The van der Waals surface area contributed by atoms with E-state index in [4.69, 9.17) is 20.8 Å². The van der Waals surface area contributed by atoms with E-state index in [1.165, 1.54) is 0 Å². The molecule has 0 saturated heterocycles. The molecule has 1 amide bonds. The Morgan fingerprint density at radius 1 is 1.25 bits per heavy atom. The molecule has 28 heavy (non-hydrogen) atoms. The van der Waals surface area contributed by atoms with Gasteiger partial charge >= 0.3 is 0 Å². The molecule has 2 aromatic carbocycles. The number of nitrogens with zero attached hydrogens (tertiary/aromatic N) is 3. The molecule has 0 atom stereocenters. The van der Waals surface area contributed by atoms with Crippen LogP contribution in [0.5, 0.6) is 5.75 Å². The lowest BCUT2D eigenvalue weighted by molar-refractivity contribution is -0.116. The van der Waals surface area contributed by atoms with Gasteiger partial charge in [-0.05, 0) is 24.3 Å². The van der Waals surface area contributed by atoms with Crippen LogP contribution in [-0.2, 0) is 11.3 Å². The molecule has 0 bridgehead atoms. The summed E-state index contributed by atoms with van der Waals surface area (Å²) in [5.41, 5.74) is 2.28. The van der Waals surface area contributed by atoms with Crippen LogP contribution in [0.2, 0.25) is 5.02 Å². The Bertz CT molecular complexity index is 1170. The van der Waals surface area contributed by atoms with Gasteiger partial charge in [0, 0.05) is 29.7 Å². The van der Waals surface area contributed by atoms with Gasteiger partial charge in [0.05, 0.1) is 17.7 Å². The fourth-order valence-corrected chi connectivity index (χ4v) is 3.31. The second-order valence-corrected chi connectivity index (χ2v) is 6.62. The van der Waals surface area contributed by atoms with Crippen LogP contribution in [0.4, 0.5) is 5.69 Å². The fraction of sp³-hybridized carbons (Fsp3) is 0.150. The molecule has 142 valence electrons. The largest absolute Gasteiger partial charge is 0.495 e. The minimum Gasteiger partial charge on any atom is -0.495 e. The molecule has 0 unspecified atom stereocenters. The Balaban J connectivity index is 1.61. The third-order valence-corrected chi connectivity index (χ3v) is 4.59. The van der Waals surface area contributed by atoms with E-state index in [0.717, 1.165) is 16.5 Å². The number of carbonyl (C=O) groups excluding carboxylic acids is 1. The first-order valence-corrected chi connectivity index (χ1v) is 8.94. The topological polar surface area (TPSA) is 82.2 Å². The van der Waals surface area contributed by atoms with Crippen molar-refractivity contribution < 1.29 is 13.9 Å². The highest BCUT2D eigenvalue weighted by Crippen LogP contribution is 2.30. The van der Waals surface area contributed by atoms with E-state index in [0.29, 0.717) is 28.2 Å². The number of hydrogen-bond acceptors (Lipinski definition) is 5. The number of nitrogens with one attached hydrogen (secondary N) is 1. The number of amides is 1. The summed E-state index contributed by atoms with van der Waals surface area (Å²) >= 11 is 6.12. The van der Waals surface area contributed by atoms with Crippen LogP contribution in [0.3, 0.4) is 0 Å². The summed E-state index contributed by atoms with van der Waals surface area (Å²) in [6.07, 6.45) is 1.85. The van der Waals surface area contributed by atoms with Crippen LogP contribution in [-0.4, -0.2) is 27.8 Å². The average Bonchev–Trinajstić information content (AvgIpc) is 3.26. The van der Waals surface area contributed by atoms with Gasteiger partial charge in [-0.15, -0.1) is 10.2 Å². The summed E-state index contributed by atoms with van der Waals surface area (Å²) in [5.74, 6) is 1.28. The maximum Gasteiger partial charge on any atom is 0.249 e. The molecule has 0 saturated carbocycles. The zero-order valence-electron chi connectivity index (χ0n) is 15.3. The number of methoxy groups -OCH3 is 1. The van der Waals surface area contributed by atoms with Crippen molar-refractivity contribution in [3.05, 3.63) is 59.6 Å². The van der Waals surface area contributed by atoms with Crippen molar-refractivity contribution in [1.82, 2.24) is 14.8 Å². The van der Waals surface area contributed by atoms with Crippen molar-refractivity contribution in [3.63, 3.8) is 0 Å². The second kappa shape index (κ2) is 7.36. The van der Waals surface area contributed by atoms with Gasteiger partial charge in [-0.1, -0.05) is 29.8 Å². The molecule has 7 nitrogen and oxygen atoms in total. The Kier molecular flexibility index (Phi) is 4.75. The van der Waals surface area contributed by atoms with Gasteiger partial charge in [0.1, 0.15) is 12.3 Å². The Morgan fingerprint density at radius 2 is 2.07 bits per heavy atom. The summed E-state index contributed by atoms with van der Waals surface area (Å²) in [4.78, 5) is 12.6. The van der Waals surface area contributed by atoms with Crippen molar-refractivity contribution in [2.75, 3.05) is 12.4 Å². The highest BCUT2D eigenvalue weighted by atomic mass is 35.5. The smallest absolute Gasteiger partial charge is 0.249 e. The van der Waals surface area contributed by atoms with E-state index in [1.54, 1.807) is 32.2 Å². The normalized spacial score (nSPS) is 11.0. The van der Waals surface area contributed by atoms with Gasteiger partial charge in [0.2, 0.25) is 17.7 Å². The molecule has 1 N–H and O–H groups in total. The highest BCUT2D eigenvalue weighted by molar-refractivity contribution is 6.32.